The Hall–Kier alpha value is -1.87. The van der Waals surface area contributed by atoms with Crippen LogP contribution < -0.4 is 5.32 Å². The highest BCUT2D eigenvalue weighted by atomic mass is 32.2. The van der Waals surface area contributed by atoms with Gasteiger partial charge in [0.2, 0.25) is 5.91 Å². The quantitative estimate of drug-likeness (QED) is 0.326. The molecule has 1 amide bonds. The number of amides is 1. The van der Waals surface area contributed by atoms with Crippen molar-refractivity contribution in [1.82, 2.24) is 5.32 Å². The summed E-state index contributed by atoms with van der Waals surface area (Å²) in [5.41, 5.74) is 0. The number of thiophene rings is 1. The summed E-state index contributed by atoms with van der Waals surface area (Å²) in [5, 5.41) is 21.5. The minimum atomic E-state index is -0.888. The normalized spacial score (nSPS) is 10.6. The molecule has 0 aromatic carbocycles. The Morgan fingerprint density at radius 1 is 1.50 bits per heavy atom. The van der Waals surface area contributed by atoms with E-state index in [1.807, 2.05) is 0 Å². The second kappa shape index (κ2) is 8.33. The molecule has 0 aliphatic heterocycles. The molecule has 9 heteroatoms. The average Bonchev–Trinajstić information content (AvgIpc) is 2.84. The second-order valence-corrected chi connectivity index (χ2v) is 5.70. The van der Waals surface area contributed by atoms with Crippen LogP contribution in [0.25, 0.3) is 6.08 Å². The zero-order valence-electron chi connectivity index (χ0n) is 10.3. The van der Waals surface area contributed by atoms with Gasteiger partial charge in [0.1, 0.15) is 0 Å². The van der Waals surface area contributed by atoms with E-state index in [0.717, 1.165) is 11.3 Å². The van der Waals surface area contributed by atoms with Gasteiger partial charge in [0.15, 0.2) is 0 Å². The molecule has 1 aromatic heterocycles. The molecular formula is C11H12N2O5S2. The minimum absolute atomic E-state index is 0.00454. The molecule has 2 N–H and O–H groups in total. The first-order valence-electron chi connectivity index (χ1n) is 5.48. The highest BCUT2D eigenvalue weighted by Gasteiger charge is 2.07. The number of carboxylic acids is 1. The molecule has 0 aliphatic rings. The van der Waals surface area contributed by atoms with Gasteiger partial charge in [-0.15, -0.1) is 11.8 Å². The zero-order valence-corrected chi connectivity index (χ0v) is 11.9. The van der Waals surface area contributed by atoms with Gasteiger partial charge in [-0.25, -0.2) is 0 Å². The van der Waals surface area contributed by atoms with E-state index in [0.29, 0.717) is 17.2 Å². The van der Waals surface area contributed by atoms with Crippen LogP contribution in [-0.4, -0.2) is 40.0 Å². The molecule has 0 bridgehead atoms. The molecule has 0 radical (unpaired) electrons. The summed E-state index contributed by atoms with van der Waals surface area (Å²) in [6, 6.07) is 2.94. The minimum Gasteiger partial charge on any atom is -0.481 e. The second-order valence-electron chi connectivity index (χ2n) is 3.50. The fraction of sp³-hybridized carbons (Fsp3) is 0.273. The lowest BCUT2D eigenvalue weighted by molar-refractivity contribution is -0.380. The van der Waals surface area contributed by atoms with Crippen LogP contribution in [-0.2, 0) is 9.59 Å². The molecule has 0 atom stereocenters. The van der Waals surface area contributed by atoms with Crippen LogP contribution in [0, 0.1) is 10.1 Å². The van der Waals surface area contributed by atoms with E-state index in [4.69, 9.17) is 5.11 Å². The fourth-order valence-corrected chi connectivity index (χ4v) is 2.44. The number of carbonyl (C=O) groups is 2. The summed E-state index contributed by atoms with van der Waals surface area (Å²) in [7, 11) is 0. The topological polar surface area (TPSA) is 110 Å². The molecular weight excluding hydrogens is 304 g/mol. The van der Waals surface area contributed by atoms with Gasteiger partial charge in [-0.1, -0.05) is 11.3 Å². The van der Waals surface area contributed by atoms with Gasteiger partial charge >= 0.3 is 11.0 Å². The van der Waals surface area contributed by atoms with Crippen LogP contribution in [0.3, 0.4) is 0 Å². The fourth-order valence-electron chi connectivity index (χ4n) is 1.15. The van der Waals surface area contributed by atoms with Gasteiger partial charge in [-0.3, -0.25) is 19.7 Å². The first kappa shape index (κ1) is 16.2. The molecule has 1 heterocycles. The summed E-state index contributed by atoms with van der Waals surface area (Å²) in [6.07, 6.45) is 2.79. The maximum Gasteiger partial charge on any atom is 0.324 e. The maximum absolute atomic E-state index is 11.4. The van der Waals surface area contributed by atoms with Crippen LogP contribution in [0.5, 0.6) is 0 Å². The Balaban J connectivity index is 2.28. The first-order chi connectivity index (χ1) is 9.49. The standard InChI is InChI=1S/C11H12N2O5S2/c14-9(12-5-6-19-7-11(15)16)3-1-8-2-4-10(20-8)13(17)18/h1-4H,5-7H2,(H,12,14)(H,15,16)/b3-1+. The van der Waals surface area contributed by atoms with E-state index in [1.54, 1.807) is 6.07 Å². The summed E-state index contributed by atoms with van der Waals surface area (Å²) in [5.74, 6) is -0.696. The maximum atomic E-state index is 11.4. The molecule has 0 aliphatic carbocycles. The van der Waals surface area contributed by atoms with Crippen molar-refractivity contribution in [3.63, 3.8) is 0 Å². The zero-order chi connectivity index (χ0) is 15.0. The number of nitro groups is 1. The third kappa shape index (κ3) is 6.34. The summed E-state index contributed by atoms with van der Waals surface area (Å²) in [4.78, 5) is 32.2. The molecule has 0 fully saturated rings. The lowest BCUT2D eigenvalue weighted by Crippen LogP contribution is -2.23. The lowest BCUT2D eigenvalue weighted by Gasteiger charge is -2.00. The molecule has 1 rings (SSSR count). The van der Waals surface area contributed by atoms with Crippen LogP contribution in [0.1, 0.15) is 4.88 Å². The van der Waals surface area contributed by atoms with Gasteiger partial charge in [0.25, 0.3) is 0 Å². The van der Waals surface area contributed by atoms with Crippen molar-refractivity contribution in [3.8, 4) is 0 Å². The summed E-state index contributed by atoms with van der Waals surface area (Å²) in [6.45, 7) is 0.367. The third-order valence-corrected chi connectivity index (χ3v) is 3.91. The predicted molar refractivity (Wildman–Crippen MR) is 78.0 cm³/mol. The van der Waals surface area contributed by atoms with Crippen molar-refractivity contribution in [1.29, 1.82) is 0 Å². The number of carbonyl (C=O) groups excluding carboxylic acids is 1. The molecule has 7 nitrogen and oxygen atoms in total. The van der Waals surface area contributed by atoms with E-state index in [9.17, 15) is 19.7 Å². The largest absolute Gasteiger partial charge is 0.481 e. The molecule has 108 valence electrons. The first-order valence-corrected chi connectivity index (χ1v) is 7.46. The molecule has 20 heavy (non-hydrogen) atoms. The molecule has 0 unspecified atom stereocenters. The lowest BCUT2D eigenvalue weighted by atomic mass is 10.4. The van der Waals surface area contributed by atoms with Crippen molar-refractivity contribution < 1.29 is 19.6 Å². The number of hydrogen-bond acceptors (Lipinski definition) is 6. The van der Waals surface area contributed by atoms with E-state index >= 15 is 0 Å². The summed E-state index contributed by atoms with van der Waals surface area (Å²) >= 11 is 2.20. The van der Waals surface area contributed by atoms with E-state index in [1.165, 1.54) is 30.0 Å². The number of rotatable bonds is 8. The Labute approximate surface area is 122 Å². The van der Waals surface area contributed by atoms with Crippen LogP contribution >= 0.6 is 23.1 Å². The molecule has 0 spiro atoms. The van der Waals surface area contributed by atoms with Crippen molar-refractivity contribution in [2.24, 2.45) is 0 Å². The Morgan fingerprint density at radius 3 is 2.85 bits per heavy atom. The smallest absolute Gasteiger partial charge is 0.324 e. The number of aliphatic carboxylic acids is 1. The van der Waals surface area contributed by atoms with E-state index < -0.39 is 10.9 Å². The van der Waals surface area contributed by atoms with Gasteiger partial charge in [0, 0.05) is 29.3 Å². The van der Waals surface area contributed by atoms with Crippen molar-refractivity contribution >= 4 is 46.1 Å². The Kier molecular flexibility index (Phi) is 6.74. The van der Waals surface area contributed by atoms with E-state index in [-0.39, 0.29) is 16.7 Å². The predicted octanol–water partition coefficient (Wildman–Crippen LogP) is 1.60. The number of thioether (sulfide) groups is 1. The Bertz CT molecular complexity index is 527. The van der Waals surface area contributed by atoms with Crippen LogP contribution in [0.15, 0.2) is 18.2 Å². The van der Waals surface area contributed by atoms with Crippen molar-refractivity contribution in [2.75, 3.05) is 18.1 Å². The molecule has 0 saturated heterocycles. The van der Waals surface area contributed by atoms with Crippen molar-refractivity contribution in [3.05, 3.63) is 33.2 Å². The Morgan fingerprint density at radius 2 is 2.25 bits per heavy atom. The number of nitrogens with zero attached hydrogens (tertiary/aromatic N) is 1. The monoisotopic (exact) mass is 316 g/mol. The highest BCUT2D eigenvalue weighted by Crippen LogP contribution is 2.24. The van der Waals surface area contributed by atoms with Gasteiger partial charge in [0.05, 0.1) is 10.7 Å². The number of carboxylic acid groups (broad SMARTS) is 1. The van der Waals surface area contributed by atoms with E-state index in [2.05, 4.69) is 5.32 Å². The summed E-state index contributed by atoms with van der Waals surface area (Å²) < 4.78 is 0. The number of nitrogens with one attached hydrogen (secondary N) is 1. The third-order valence-electron chi connectivity index (χ3n) is 1.96. The molecule has 1 aromatic rings. The average molecular weight is 316 g/mol. The van der Waals surface area contributed by atoms with Crippen molar-refractivity contribution in [2.45, 2.75) is 0 Å². The van der Waals surface area contributed by atoms with Gasteiger partial charge in [-0.2, -0.15) is 0 Å². The van der Waals surface area contributed by atoms with Gasteiger partial charge in [-0.05, 0) is 12.1 Å². The molecule has 0 saturated carbocycles. The van der Waals surface area contributed by atoms with Gasteiger partial charge < -0.3 is 10.4 Å². The van der Waals surface area contributed by atoms with Crippen LogP contribution in [0.4, 0.5) is 5.00 Å². The van der Waals surface area contributed by atoms with Crippen LogP contribution in [0.2, 0.25) is 0 Å². The highest BCUT2D eigenvalue weighted by molar-refractivity contribution is 7.99. The SMILES string of the molecule is O=C(O)CSCCNC(=O)/C=C/c1ccc([N+](=O)[O-])s1. The number of hydrogen-bond donors (Lipinski definition) is 2.